The van der Waals surface area contributed by atoms with Crippen molar-refractivity contribution in [1.29, 1.82) is 5.26 Å². The predicted octanol–water partition coefficient (Wildman–Crippen LogP) is 4.72. The Bertz CT molecular complexity index is 1070. The number of hydrogen-bond donors (Lipinski definition) is 1. The molecular formula is C19H12F3N3OS. The van der Waals surface area contributed by atoms with Crippen molar-refractivity contribution in [2.24, 2.45) is 0 Å². The van der Waals surface area contributed by atoms with E-state index in [1.807, 2.05) is 6.07 Å². The molecule has 1 aromatic heterocycles. The molecule has 136 valence electrons. The first-order chi connectivity index (χ1) is 12.8. The Morgan fingerprint density at radius 2 is 1.52 bits per heavy atom. The first kappa shape index (κ1) is 18.7. The van der Waals surface area contributed by atoms with Crippen LogP contribution in [0, 0.1) is 11.3 Å². The Morgan fingerprint density at radius 1 is 1.00 bits per heavy atom. The fourth-order valence-electron chi connectivity index (χ4n) is 2.53. The van der Waals surface area contributed by atoms with Crippen LogP contribution in [0.15, 0.2) is 58.5 Å². The van der Waals surface area contributed by atoms with Gasteiger partial charge in [-0.2, -0.15) is 18.4 Å². The third-order valence-corrected chi connectivity index (χ3v) is 4.49. The number of H-pyrrole nitrogens is 1. The molecule has 0 atom stereocenters. The number of halogens is 3. The monoisotopic (exact) mass is 387 g/mol. The van der Waals surface area contributed by atoms with Crippen LogP contribution in [-0.2, 0) is 6.18 Å². The van der Waals surface area contributed by atoms with E-state index in [9.17, 15) is 23.2 Å². The summed E-state index contributed by atoms with van der Waals surface area (Å²) in [6.07, 6.45) is -2.63. The Balaban J connectivity index is 1.98. The molecule has 2 aromatic carbocycles. The number of nitrogens with one attached hydrogen (secondary N) is 1. The van der Waals surface area contributed by atoms with Crippen LogP contribution >= 0.6 is 11.8 Å². The Morgan fingerprint density at radius 3 is 2.00 bits per heavy atom. The third kappa shape index (κ3) is 3.88. The second kappa shape index (κ2) is 7.29. The fourth-order valence-corrected chi connectivity index (χ4v) is 2.91. The molecule has 8 heteroatoms. The normalized spacial score (nSPS) is 11.2. The lowest BCUT2D eigenvalue weighted by molar-refractivity contribution is -0.137. The van der Waals surface area contributed by atoms with Crippen molar-refractivity contribution in [1.82, 2.24) is 9.97 Å². The van der Waals surface area contributed by atoms with Crippen molar-refractivity contribution in [2.45, 2.75) is 11.3 Å². The van der Waals surface area contributed by atoms with E-state index in [1.54, 1.807) is 30.5 Å². The van der Waals surface area contributed by atoms with Crippen LogP contribution in [-0.4, -0.2) is 16.2 Å². The number of alkyl halides is 3. The summed E-state index contributed by atoms with van der Waals surface area (Å²) in [5.41, 5.74) is 0.861. The summed E-state index contributed by atoms with van der Waals surface area (Å²) in [7, 11) is 0. The van der Waals surface area contributed by atoms with Gasteiger partial charge in [0.05, 0.1) is 11.3 Å². The first-order valence-corrected chi connectivity index (χ1v) is 8.92. The van der Waals surface area contributed by atoms with Gasteiger partial charge in [0.2, 0.25) is 0 Å². The molecule has 3 rings (SSSR count). The largest absolute Gasteiger partial charge is 0.416 e. The zero-order valence-electron chi connectivity index (χ0n) is 14.0. The van der Waals surface area contributed by atoms with Crippen LogP contribution in [0.2, 0.25) is 0 Å². The van der Waals surface area contributed by atoms with Crippen LogP contribution in [0.1, 0.15) is 11.1 Å². The molecule has 0 unspecified atom stereocenters. The quantitative estimate of drug-likeness (QED) is 0.522. The van der Waals surface area contributed by atoms with Gasteiger partial charge < -0.3 is 4.98 Å². The van der Waals surface area contributed by atoms with Crippen molar-refractivity contribution < 1.29 is 13.2 Å². The van der Waals surface area contributed by atoms with Gasteiger partial charge in [0.15, 0.2) is 5.16 Å². The topological polar surface area (TPSA) is 69.5 Å². The first-order valence-electron chi connectivity index (χ1n) is 7.70. The molecule has 0 aliphatic carbocycles. The summed E-state index contributed by atoms with van der Waals surface area (Å²) >= 11 is 1.25. The number of aromatic amines is 1. The van der Waals surface area contributed by atoms with Gasteiger partial charge >= 0.3 is 6.18 Å². The molecule has 0 aliphatic heterocycles. The average Bonchev–Trinajstić information content (AvgIpc) is 2.67. The van der Waals surface area contributed by atoms with Crippen LogP contribution in [0.4, 0.5) is 13.2 Å². The number of rotatable bonds is 3. The van der Waals surface area contributed by atoms with Gasteiger partial charge in [-0.25, -0.2) is 4.98 Å². The summed E-state index contributed by atoms with van der Waals surface area (Å²) in [5.74, 6) is 0. The Hall–Kier alpha value is -3.05. The second-order valence-electron chi connectivity index (χ2n) is 5.56. The van der Waals surface area contributed by atoms with E-state index < -0.39 is 17.3 Å². The van der Waals surface area contributed by atoms with Gasteiger partial charge in [-0.05, 0) is 29.5 Å². The summed E-state index contributed by atoms with van der Waals surface area (Å²) in [5, 5.41) is 9.63. The maximum Gasteiger partial charge on any atom is 0.416 e. The minimum Gasteiger partial charge on any atom is -0.300 e. The highest BCUT2D eigenvalue weighted by molar-refractivity contribution is 7.98. The minimum atomic E-state index is -4.38. The molecule has 0 radical (unpaired) electrons. The number of thioether (sulfide) groups is 1. The smallest absolute Gasteiger partial charge is 0.300 e. The van der Waals surface area contributed by atoms with Gasteiger partial charge in [-0.3, -0.25) is 4.79 Å². The number of nitriles is 1. The van der Waals surface area contributed by atoms with Crippen molar-refractivity contribution in [3.05, 3.63) is 70.0 Å². The summed E-state index contributed by atoms with van der Waals surface area (Å²) in [6, 6.07) is 13.5. The molecule has 1 heterocycles. The van der Waals surface area contributed by atoms with Crippen LogP contribution in [0.5, 0.6) is 0 Å². The van der Waals surface area contributed by atoms with Crippen molar-refractivity contribution in [3.63, 3.8) is 0 Å². The molecule has 4 nitrogen and oxygen atoms in total. The van der Waals surface area contributed by atoms with Crippen LogP contribution < -0.4 is 5.56 Å². The number of hydrogen-bond acceptors (Lipinski definition) is 4. The maximum atomic E-state index is 12.7. The van der Waals surface area contributed by atoms with Gasteiger partial charge in [0.1, 0.15) is 11.6 Å². The number of benzene rings is 2. The lowest BCUT2D eigenvalue weighted by atomic mass is 10.0. The van der Waals surface area contributed by atoms with Crippen LogP contribution in [0.3, 0.4) is 0 Å². The fraction of sp³-hybridized carbons (Fsp3) is 0.105. The lowest BCUT2D eigenvalue weighted by Crippen LogP contribution is -2.14. The van der Waals surface area contributed by atoms with Crippen LogP contribution in [0.25, 0.3) is 22.4 Å². The molecule has 0 bridgehead atoms. The van der Waals surface area contributed by atoms with Gasteiger partial charge in [0.25, 0.3) is 5.56 Å². The Kier molecular flexibility index (Phi) is 5.06. The second-order valence-corrected chi connectivity index (χ2v) is 6.36. The van der Waals surface area contributed by atoms with E-state index in [4.69, 9.17) is 0 Å². The standard InChI is InChI=1S/C19H12F3N3OS/c1-27-18-24-16(15(10-23)17(26)25-18)13-4-2-11(3-5-13)12-6-8-14(9-7-12)19(20,21)22/h2-9H,1H3,(H,24,25,26). The van der Waals surface area contributed by atoms with Crippen molar-refractivity contribution in [2.75, 3.05) is 6.26 Å². The molecule has 0 saturated carbocycles. The molecule has 3 aromatic rings. The van der Waals surface area contributed by atoms with Gasteiger partial charge in [-0.15, -0.1) is 0 Å². The average molecular weight is 387 g/mol. The molecule has 0 saturated heterocycles. The van der Waals surface area contributed by atoms with E-state index in [0.717, 1.165) is 12.1 Å². The minimum absolute atomic E-state index is 0.0879. The molecule has 0 amide bonds. The van der Waals surface area contributed by atoms with Gasteiger partial charge in [0, 0.05) is 5.56 Å². The van der Waals surface area contributed by atoms with E-state index in [0.29, 0.717) is 21.8 Å². The SMILES string of the molecule is CSc1nc(-c2ccc(-c3ccc(C(F)(F)F)cc3)cc2)c(C#N)c(=O)[nH]1. The predicted molar refractivity (Wildman–Crippen MR) is 97.2 cm³/mol. The lowest BCUT2D eigenvalue weighted by Gasteiger charge is -2.09. The third-order valence-electron chi connectivity index (χ3n) is 3.91. The van der Waals surface area contributed by atoms with Gasteiger partial charge in [-0.1, -0.05) is 48.2 Å². The molecule has 0 aliphatic rings. The highest BCUT2D eigenvalue weighted by atomic mass is 32.2. The summed E-state index contributed by atoms with van der Waals surface area (Å²) in [4.78, 5) is 18.8. The number of aromatic nitrogens is 2. The molecular weight excluding hydrogens is 375 g/mol. The number of nitrogens with zero attached hydrogens (tertiary/aromatic N) is 2. The Labute approximate surface area is 156 Å². The van der Waals surface area contributed by atoms with E-state index in [1.165, 1.54) is 23.9 Å². The zero-order chi connectivity index (χ0) is 19.6. The van der Waals surface area contributed by atoms with E-state index >= 15 is 0 Å². The van der Waals surface area contributed by atoms with Crippen molar-refractivity contribution in [3.8, 4) is 28.5 Å². The highest BCUT2D eigenvalue weighted by Crippen LogP contribution is 2.31. The van der Waals surface area contributed by atoms with E-state index in [2.05, 4.69) is 9.97 Å². The van der Waals surface area contributed by atoms with Crippen molar-refractivity contribution >= 4 is 11.8 Å². The maximum absolute atomic E-state index is 12.7. The highest BCUT2D eigenvalue weighted by Gasteiger charge is 2.29. The van der Waals surface area contributed by atoms with E-state index in [-0.39, 0.29) is 11.3 Å². The summed E-state index contributed by atoms with van der Waals surface area (Å²) < 4.78 is 38.0. The molecule has 27 heavy (non-hydrogen) atoms. The zero-order valence-corrected chi connectivity index (χ0v) is 14.8. The molecule has 0 spiro atoms. The summed E-state index contributed by atoms with van der Waals surface area (Å²) in [6.45, 7) is 0. The molecule has 1 N–H and O–H groups in total. The molecule has 0 fully saturated rings.